The maximum Gasteiger partial charge on any atom is 0.328 e. The quantitative estimate of drug-likeness (QED) is 0.0172. The number of benzene rings is 1. The lowest BCUT2D eigenvalue weighted by Crippen LogP contribution is -2.40. The van der Waals surface area contributed by atoms with Crippen molar-refractivity contribution in [1.29, 1.82) is 0 Å². The summed E-state index contributed by atoms with van der Waals surface area (Å²) in [5.74, 6) is -5.16. The van der Waals surface area contributed by atoms with Crippen LogP contribution in [-0.2, 0) is 44.7 Å². The molecule has 3 amide bonds. The highest BCUT2D eigenvalue weighted by atomic mass is 16.5. The third-order valence-electron chi connectivity index (χ3n) is 8.05. The van der Waals surface area contributed by atoms with E-state index in [0.29, 0.717) is 56.7 Å². The molecule has 1 aliphatic rings. The van der Waals surface area contributed by atoms with Gasteiger partial charge in [-0.15, -0.1) is 0 Å². The normalized spacial score (nSPS) is 15.1. The number of nitrogens with two attached hydrogens (primary N) is 10. The van der Waals surface area contributed by atoms with Crippen molar-refractivity contribution in [3.63, 3.8) is 0 Å². The number of hydrogen-bond donors (Lipinski definition) is 16. The van der Waals surface area contributed by atoms with Gasteiger partial charge in [-0.1, -0.05) is 26.0 Å². The minimum atomic E-state index is -1.32. The molecule has 7 atom stereocenters. The number of hydrogen-bond acceptors (Lipinski definition) is 18. The van der Waals surface area contributed by atoms with E-state index in [-0.39, 0.29) is 24.2 Å². The van der Waals surface area contributed by atoms with Crippen LogP contribution >= 0.6 is 0 Å². The predicted molar refractivity (Wildman–Crippen MR) is 237 cm³/mol. The number of aliphatic carboxylic acids is 4. The maximum absolute atomic E-state index is 12.0. The van der Waals surface area contributed by atoms with E-state index in [1.165, 1.54) is 12.1 Å². The Morgan fingerprint density at radius 3 is 1.65 bits per heavy atom. The molecule has 0 aliphatic carbocycles. The first-order chi connectivity index (χ1) is 30.1. The van der Waals surface area contributed by atoms with Crippen LogP contribution in [0.5, 0.6) is 5.75 Å². The van der Waals surface area contributed by atoms with Crippen LogP contribution in [0.1, 0.15) is 71.3 Å². The van der Waals surface area contributed by atoms with E-state index in [1.807, 2.05) is 13.8 Å². The van der Waals surface area contributed by atoms with Crippen LogP contribution in [0.2, 0.25) is 0 Å². The first-order valence-corrected chi connectivity index (χ1v) is 20.2. The summed E-state index contributed by atoms with van der Waals surface area (Å²) in [4.78, 5) is 88.9. The Morgan fingerprint density at radius 2 is 1.26 bits per heavy atom. The zero-order chi connectivity index (χ0) is 50.8. The fourth-order valence-corrected chi connectivity index (χ4v) is 4.37. The molecular weight excluding hydrogens is 862 g/mol. The number of guanidine groups is 1. The minimum Gasteiger partial charge on any atom is -0.480 e. The van der Waals surface area contributed by atoms with Crippen LogP contribution in [-0.4, -0.2) is 143 Å². The number of nitrogens with zero attached hydrogens (tertiary/aromatic N) is 1. The van der Waals surface area contributed by atoms with Gasteiger partial charge in [0, 0.05) is 13.1 Å². The van der Waals surface area contributed by atoms with Crippen molar-refractivity contribution in [3.8, 4) is 5.75 Å². The van der Waals surface area contributed by atoms with Crippen molar-refractivity contribution in [3.05, 3.63) is 29.8 Å². The molecule has 1 aromatic rings. The summed E-state index contributed by atoms with van der Waals surface area (Å²) in [6, 6.07) is 0.136. The molecule has 0 aromatic heterocycles. The third-order valence-corrected chi connectivity index (χ3v) is 8.05. The number of aliphatic imine (C=N–C) groups is 1. The molecular formula is C38H71N13O14. The van der Waals surface area contributed by atoms with Gasteiger partial charge in [0.1, 0.15) is 48.6 Å². The number of nitrogens with one attached hydrogen (secondary N) is 2. The molecule has 27 heteroatoms. The fraction of sp³-hybridized carbons (Fsp3) is 0.605. The topological polar surface area (TPSA) is 533 Å². The number of rotatable bonds is 22. The Balaban J connectivity index is -0.000000888. The maximum atomic E-state index is 12.0. The Hall–Kier alpha value is -6.23. The molecule has 1 fully saturated rings. The number of amides is 3. The second-order valence-corrected chi connectivity index (χ2v) is 14.6. The largest absolute Gasteiger partial charge is 0.480 e. The van der Waals surface area contributed by atoms with Gasteiger partial charge in [-0.05, 0) is 88.4 Å². The van der Waals surface area contributed by atoms with Gasteiger partial charge in [0.15, 0.2) is 5.96 Å². The fourth-order valence-electron chi connectivity index (χ4n) is 4.37. The van der Waals surface area contributed by atoms with Crippen molar-refractivity contribution >= 4 is 53.7 Å². The molecule has 0 unspecified atom stereocenters. The SMILES string of the molecule is CC(C)C[C@H](N)C(=O)O.C[C@@H](N)C(N)=O.NC(=O)NCCC[C@@H](N)C(=O)Oc1ccc(C[C@H](N)C(=O)OC[C@H](N)C(=O)O)cc1.NC(N)=NCCC[C@H](N)C(=O)O.O=C(O)[C@@H]1CCCN1. The molecule has 0 spiro atoms. The lowest BCUT2D eigenvalue weighted by Gasteiger charge is -2.14. The van der Waals surface area contributed by atoms with E-state index in [2.05, 4.69) is 21.4 Å². The molecule has 26 N–H and O–H groups in total. The van der Waals surface area contributed by atoms with E-state index in [9.17, 15) is 38.4 Å². The average Bonchev–Trinajstić information content (AvgIpc) is 3.77. The molecule has 1 aliphatic heterocycles. The van der Waals surface area contributed by atoms with Gasteiger partial charge in [-0.2, -0.15) is 0 Å². The van der Waals surface area contributed by atoms with Crippen LogP contribution in [0.3, 0.4) is 0 Å². The van der Waals surface area contributed by atoms with Crippen LogP contribution in [0.4, 0.5) is 4.79 Å². The number of urea groups is 1. The van der Waals surface area contributed by atoms with Crippen molar-refractivity contribution in [2.45, 2.75) is 114 Å². The van der Waals surface area contributed by atoms with Crippen LogP contribution in [0.15, 0.2) is 29.3 Å². The van der Waals surface area contributed by atoms with Gasteiger partial charge in [0.25, 0.3) is 0 Å². The smallest absolute Gasteiger partial charge is 0.328 e. The Bertz CT molecular complexity index is 1630. The van der Waals surface area contributed by atoms with Gasteiger partial charge in [0.05, 0.1) is 6.04 Å². The van der Waals surface area contributed by atoms with Crippen LogP contribution in [0, 0.1) is 5.92 Å². The van der Waals surface area contributed by atoms with E-state index < -0.39 is 90.6 Å². The lowest BCUT2D eigenvalue weighted by molar-refractivity contribution is -0.149. The van der Waals surface area contributed by atoms with Gasteiger partial charge < -0.3 is 97.9 Å². The minimum absolute atomic E-state index is 0.0129. The van der Waals surface area contributed by atoms with Crippen molar-refractivity contribution in [2.75, 3.05) is 26.2 Å². The summed E-state index contributed by atoms with van der Waals surface area (Å²) < 4.78 is 9.95. The van der Waals surface area contributed by atoms with E-state index in [0.717, 1.165) is 19.4 Å². The monoisotopic (exact) mass is 934 g/mol. The van der Waals surface area contributed by atoms with E-state index >= 15 is 0 Å². The molecule has 1 heterocycles. The van der Waals surface area contributed by atoms with Crippen molar-refractivity contribution < 1.29 is 68.3 Å². The summed E-state index contributed by atoms with van der Waals surface area (Å²) in [6.45, 7) is 6.54. The second-order valence-electron chi connectivity index (χ2n) is 14.6. The molecule has 0 bridgehead atoms. The summed E-state index contributed by atoms with van der Waals surface area (Å²) in [5.41, 5.74) is 52.5. The number of carboxylic acid groups (broad SMARTS) is 4. The van der Waals surface area contributed by atoms with E-state index in [1.54, 1.807) is 19.1 Å². The highest BCUT2D eigenvalue weighted by Gasteiger charge is 2.21. The van der Waals surface area contributed by atoms with Crippen LogP contribution in [0.25, 0.3) is 0 Å². The lowest BCUT2D eigenvalue weighted by atomic mass is 10.1. The molecule has 0 saturated carbocycles. The molecule has 0 radical (unpaired) electrons. The Labute approximate surface area is 376 Å². The first kappa shape index (κ1) is 63.1. The number of carbonyl (C=O) groups excluding carboxylic acids is 4. The van der Waals surface area contributed by atoms with Crippen LogP contribution < -0.4 is 72.7 Å². The Morgan fingerprint density at radius 1 is 0.738 bits per heavy atom. The third kappa shape index (κ3) is 36.9. The Kier molecular flexibility index (Phi) is 35.1. The molecule has 2 rings (SSSR count). The number of ether oxygens (including phenoxy) is 2. The number of esters is 2. The predicted octanol–water partition coefficient (Wildman–Crippen LogP) is -4.27. The zero-order valence-electron chi connectivity index (χ0n) is 37.0. The first-order valence-electron chi connectivity index (χ1n) is 20.2. The molecule has 65 heavy (non-hydrogen) atoms. The van der Waals surface area contributed by atoms with Gasteiger partial charge >= 0.3 is 41.8 Å². The summed E-state index contributed by atoms with van der Waals surface area (Å²) in [7, 11) is 0. The number of carbonyl (C=O) groups is 8. The van der Waals surface area contributed by atoms with Gasteiger partial charge in [0.2, 0.25) is 5.91 Å². The summed E-state index contributed by atoms with van der Waals surface area (Å²) in [5, 5.41) is 38.9. The number of carboxylic acids is 4. The van der Waals surface area contributed by atoms with E-state index in [4.69, 9.17) is 81.5 Å². The average molecular weight is 934 g/mol. The molecule has 1 saturated heterocycles. The van der Waals surface area contributed by atoms with Crippen molar-refractivity contribution in [1.82, 2.24) is 10.6 Å². The molecule has 27 nitrogen and oxygen atoms in total. The van der Waals surface area contributed by atoms with Gasteiger partial charge in [-0.25, -0.2) is 9.59 Å². The standard InChI is InChI=1S/C18H27N5O7.C6H14N4O2.C6H13NO2.C5H9NO2.C3H8N2O/c19-12(2-1-7-23-18(22)28)17(27)30-11-5-3-10(4-6-11)8-13(20)16(26)29-9-14(21)15(24)25;7-4(5(11)12)2-1-3-10-6(8)9;1-4(2)3-5(7)6(8)9;7-5(8)4-2-1-3-6-4;1-2(4)3(5)6/h3-6,12-14H,1-2,7-9,19-21H2,(H,24,25)(H3,22,23,28);4H,1-3,7H2,(H,11,12)(H4,8,9,10);4-5H,3,7H2,1-2H3,(H,8,9);4,6H,1-3H2,(H,7,8);2H,4H2,1H3,(H2,5,6)/t12-,13+,14+;4-;5-;4-;2-/m10001/s1. The summed E-state index contributed by atoms with van der Waals surface area (Å²) >= 11 is 0. The van der Waals surface area contributed by atoms with Crippen molar-refractivity contribution in [2.24, 2.45) is 68.2 Å². The number of primary amides is 2. The molecule has 372 valence electrons. The summed E-state index contributed by atoms with van der Waals surface area (Å²) in [6.07, 6.45) is 4.18. The highest BCUT2D eigenvalue weighted by Crippen LogP contribution is 2.15. The molecule has 1 aromatic carbocycles. The highest BCUT2D eigenvalue weighted by molar-refractivity contribution is 5.79. The second kappa shape index (κ2) is 36.1. The zero-order valence-corrected chi connectivity index (χ0v) is 37.0. The van der Waals surface area contributed by atoms with Gasteiger partial charge in [-0.3, -0.25) is 33.8 Å².